The molecular weight excluding hydrogens is 659 g/mol. The van der Waals surface area contributed by atoms with Crippen LogP contribution in [0, 0.1) is 28.6 Å². The Hall–Kier alpha value is -4.05. The summed E-state index contributed by atoms with van der Waals surface area (Å²) < 4.78 is 0. The smallest absolute Gasteiger partial charge is 0.292 e. The number of nitrogens with zero attached hydrogens (tertiary/aromatic N) is 4. The summed E-state index contributed by atoms with van der Waals surface area (Å²) >= 11 is 1.41. The summed E-state index contributed by atoms with van der Waals surface area (Å²) in [5.74, 6) is 1.32. The number of benzene rings is 1. The number of likely N-dealkylation sites (tertiary alicyclic amines) is 1. The number of allylic oxidation sites excluding steroid dienone is 2. The number of thiophene rings is 1. The second kappa shape index (κ2) is 16.1. The van der Waals surface area contributed by atoms with Gasteiger partial charge in [0.1, 0.15) is 6.04 Å². The normalized spacial score (nSPS) is 21.7. The van der Waals surface area contributed by atoms with E-state index in [1.165, 1.54) is 66.8 Å². The Bertz CT molecular complexity index is 1730. The van der Waals surface area contributed by atoms with Gasteiger partial charge in [-0.2, -0.15) is 0 Å². The molecular formula is C41H51N5O4S. The van der Waals surface area contributed by atoms with Crippen molar-refractivity contribution < 1.29 is 14.4 Å². The van der Waals surface area contributed by atoms with Crippen molar-refractivity contribution in [3.8, 4) is 11.4 Å². The first-order valence-electron chi connectivity index (χ1n) is 18.7. The maximum absolute atomic E-state index is 13.6. The number of nitrogens with one attached hydrogen (secondary N) is 1. The number of hydrogen-bond acceptors (Lipinski definition) is 7. The lowest BCUT2D eigenvalue weighted by Crippen LogP contribution is -2.59. The molecule has 3 amide bonds. The Kier molecular flexibility index (Phi) is 11.6. The quantitative estimate of drug-likeness (QED) is 0.200. The minimum Gasteiger partial charge on any atom is -0.339 e. The van der Waals surface area contributed by atoms with Gasteiger partial charge in [-0.25, -0.2) is 9.97 Å². The molecule has 3 aromatic rings. The zero-order valence-corrected chi connectivity index (χ0v) is 31.2. The van der Waals surface area contributed by atoms with Gasteiger partial charge < -0.3 is 10.2 Å². The van der Waals surface area contributed by atoms with Crippen LogP contribution >= 0.6 is 11.3 Å². The van der Waals surface area contributed by atoms with Gasteiger partial charge in [0.25, 0.3) is 11.8 Å². The van der Waals surface area contributed by atoms with Crippen LogP contribution in [0.3, 0.4) is 0 Å². The SMILES string of the molecule is CCCC1CCC(C2CC=C(c3cnc(-c4ccc(CC(NC(=O)c5ccc(C(C)(C)C)s5)C(=O)N5CC(C(=O)N=O)C5)cc4)nc3)CC2)CC1. The summed E-state index contributed by atoms with van der Waals surface area (Å²) in [5, 5.41) is 5.45. The maximum Gasteiger partial charge on any atom is 0.292 e. The molecule has 1 saturated heterocycles. The highest BCUT2D eigenvalue weighted by molar-refractivity contribution is 7.14. The second-order valence-electron chi connectivity index (χ2n) is 15.8. The zero-order chi connectivity index (χ0) is 36.1. The summed E-state index contributed by atoms with van der Waals surface area (Å²) in [5.41, 5.74) is 4.07. The van der Waals surface area contributed by atoms with Gasteiger partial charge >= 0.3 is 0 Å². The van der Waals surface area contributed by atoms with E-state index >= 15 is 0 Å². The van der Waals surface area contributed by atoms with E-state index in [0.717, 1.165) is 52.2 Å². The van der Waals surface area contributed by atoms with Crippen LogP contribution in [0.25, 0.3) is 17.0 Å². The van der Waals surface area contributed by atoms with E-state index in [4.69, 9.17) is 9.97 Å². The highest BCUT2D eigenvalue weighted by atomic mass is 32.1. The van der Waals surface area contributed by atoms with Gasteiger partial charge in [-0.15, -0.1) is 16.2 Å². The summed E-state index contributed by atoms with van der Waals surface area (Å²) in [6, 6.07) is 10.6. The number of carbonyl (C=O) groups is 3. The third-order valence-corrected chi connectivity index (χ3v) is 12.7. The molecule has 1 saturated carbocycles. The Balaban J connectivity index is 1.08. The van der Waals surface area contributed by atoms with E-state index in [2.05, 4.69) is 44.3 Å². The summed E-state index contributed by atoms with van der Waals surface area (Å²) in [7, 11) is 0. The molecule has 51 heavy (non-hydrogen) atoms. The van der Waals surface area contributed by atoms with E-state index in [1.807, 2.05) is 42.7 Å². The molecule has 1 aromatic carbocycles. The van der Waals surface area contributed by atoms with E-state index < -0.39 is 17.9 Å². The van der Waals surface area contributed by atoms with Crippen molar-refractivity contribution in [2.24, 2.45) is 28.8 Å². The molecule has 9 nitrogen and oxygen atoms in total. The predicted octanol–water partition coefficient (Wildman–Crippen LogP) is 8.39. The largest absolute Gasteiger partial charge is 0.339 e. The Morgan fingerprint density at radius 3 is 2.24 bits per heavy atom. The highest BCUT2D eigenvalue weighted by Crippen LogP contribution is 2.42. The molecule has 0 radical (unpaired) electrons. The molecule has 2 fully saturated rings. The molecule has 3 heterocycles. The molecule has 6 rings (SSSR count). The molecule has 270 valence electrons. The maximum atomic E-state index is 13.6. The number of aromatic nitrogens is 2. The van der Waals surface area contributed by atoms with Crippen molar-refractivity contribution in [2.45, 2.75) is 103 Å². The standard InChI is InChI=1S/C41H51N5O4S/c1-5-6-26-7-11-28(12-8-26)29-15-17-30(18-16-29)32-22-42-37(43-23-32)31-13-9-27(10-14-31)21-34(40(49)46-24-33(25-46)38(47)45-50)44-39(48)35-19-20-36(51-35)41(2,3)4/h9-10,13-14,17,19-20,22-23,26,28-29,33-34H,5-8,11-12,15-16,18,21,24-25H2,1-4H3,(H,44,48). The number of hydrogen-bond donors (Lipinski definition) is 1. The first-order chi connectivity index (χ1) is 24.5. The lowest BCUT2D eigenvalue weighted by atomic mass is 9.70. The third-order valence-electron chi connectivity index (χ3n) is 11.2. The van der Waals surface area contributed by atoms with Gasteiger partial charge in [0, 0.05) is 53.1 Å². The van der Waals surface area contributed by atoms with E-state index in [9.17, 15) is 19.3 Å². The van der Waals surface area contributed by atoms with Gasteiger partial charge in [0.05, 0.1) is 10.8 Å². The monoisotopic (exact) mass is 709 g/mol. The van der Waals surface area contributed by atoms with E-state index in [-0.39, 0.29) is 36.7 Å². The zero-order valence-electron chi connectivity index (χ0n) is 30.4. The number of carbonyl (C=O) groups excluding carboxylic acids is 3. The molecule has 0 spiro atoms. The molecule has 2 aliphatic carbocycles. The van der Waals surface area contributed by atoms with Crippen molar-refractivity contribution in [1.82, 2.24) is 20.2 Å². The van der Waals surface area contributed by atoms with Crippen molar-refractivity contribution >= 4 is 34.6 Å². The van der Waals surface area contributed by atoms with Crippen molar-refractivity contribution in [3.63, 3.8) is 0 Å². The van der Waals surface area contributed by atoms with E-state index in [0.29, 0.717) is 10.7 Å². The van der Waals surface area contributed by atoms with Crippen LogP contribution in [-0.2, 0) is 21.4 Å². The van der Waals surface area contributed by atoms with Crippen LogP contribution < -0.4 is 5.32 Å². The summed E-state index contributed by atoms with van der Waals surface area (Å²) in [6.45, 7) is 8.82. The fraction of sp³-hybridized carbons (Fsp3) is 0.537. The summed E-state index contributed by atoms with van der Waals surface area (Å²) in [6.07, 6.45) is 18.4. The van der Waals surface area contributed by atoms with Crippen LogP contribution in [-0.4, -0.2) is 51.7 Å². The molecule has 1 aliphatic heterocycles. The Morgan fingerprint density at radius 2 is 1.65 bits per heavy atom. The van der Waals surface area contributed by atoms with Crippen LogP contribution in [0.15, 0.2) is 60.0 Å². The van der Waals surface area contributed by atoms with Crippen LogP contribution in [0.2, 0.25) is 0 Å². The predicted molar refractivity (Wildman–Crippen MR) is 202 cm³/mol. The number of nitroso groups, excluding NO2 is 1. The van der Waals surface area contributed by atoms with Crippen LogP contribution in [0.5, 0.6) is 0 Å². The second-order valence-corrected chi connectivity index (χ2v) is 16.9. The van der Waals surface area contributed by atoms with Crippen LogP contribution in [0.4, 0.5) is 0 Å². The van der Waals surface area contributed by atoms with Crippen molar-refractivity contribution in [1.29, 1.82) is 0 Å². The molecule has 1 N–H and O–H groups in total. The fourth-order valence-electron chi connectivity index (χ4n) is 7.97. The van der Waals surface area contributed by atoms with Crippen LogP contribution in [0.1, 0.15) is 111 Å². The summed E-state index contributed by atoms with van der Waals surface area (Å²) in [4.78, 5) is 61.8. The third kappa shape index (κ3) is 8.88. The topological polar surface area (TPSA) is 122 Å². The Morgan fingerprint density at radius 1 is 0.941 bits per heavy atom. The fourth-order valence-corrected chi connectivity index (χ4v) is 8.94. The minimum atomic E-state index is -0.848. The van der Waals surface area contributed by atoms with Gasteiger partial charge in [-0.05, 0) is 78.5 Å². The number of rotatable bonds is 11. The van der Waals surface area contributed by atoms with Gasteiger partial charge in [-0.3, -0.25) is 14.4 Å². The molecule has 0 bridgehead atoms. The van der Waals surface area contributed by atoms with Crippen molar-refractivity contribution in [2.75, 3.05) is 13.1 Å². The average Bonchev–Trinajstić information content (AvgIpc) is 3.64. The number of amides is 3. The molecule has 2 aromatic heterocycles. The van der Waals surface area contributed by atoms with Gasteiger partial charge in [0.15, 0.2) is 5.82 Å². The lowest BCUT2D eigenvalue weighted by molar-refractivity contribution is -0.143. The highest BCUT2D eigenvalue weighted by Gasteiger charge is 2.39. The molecule has 2 atom stereocenters. The van der Waals surface area contributed by atoms with Crippen molar-refractivity contribution in [3.05, 3.63) is 80.7 Å². The first-order valence-corrected chi connectivity index (χ1v) is 19.5. The van der Waals surface area contributed by atoms with E-state index in [1.54, 1.807) is 6.07 Å². The van der Waals surface area contributed by atoms with Gasteiger partial charge in [0.2, 0.25) is 5.91 Å². The minimum absolute atomic E-state index is 0.0978. The molecule has 2 unspecified atom stereocenters. The lowest BCUT2D eigenvalue weighted by Gasteiger charge is -2.39. The molecule has 3 aliphatic rings. The van der Waals surface area contributed by atoms with Gasteiger partial charge in [-0.1, -0.05) is 83.7 Å². The first kappa shape index (κ1) is 36.7. The Labute approximate surface area is 305 Å². The average molecular weight is 710 g/mol. The molecule has 10 heteroatoms.